The summed E-state index contributed by atoms with van der Waals surface area (Å²) in [7, 11) is 0. The number of aromatic amines is 1. The van der Waals surface area contributed by atoms with Crippen molar-refractivity contribution in [2.75, 3.05) is 6.54 Å². The number of hydrogen-bond donors (Lipinski definition) is 2. The fourth-order valence-electron chi connectivity index (χ4n) is 2.63. The summed E-state index contributed by atoms with van der Waals surface area (Å²) in [5.74, 6) is 0.758. The van der Waals surface area contributed by atoms with Gasteiger partial charge in [0.2, 0.25) is 5.91 Å². The lowest BCUT2D eigenvalue weighted by Crippen LogP contribution is -2.24. The zero-order valence-electron chi connectivity index (χ0n) is 13.4. The van der Waals surface area contributed by atoms with Gasteiger partial charge in [-0.2, -0.15) is 5.10 Å². The molecule has 0 bridgehead atoms. The molecule has 24 heavy (non-hydrogen) atoms. The van der Waals surface area contributed by atoms with Crippen LogP contribution in [-0.4, -0.2) is 27.2 Å². The Morgan fingerprint density at radius 1 is 1.50 bits per heavy atom. The third-order valence-electron chi connectivity index (χ3n) is 3.98. The van der Waals surface area contributed by atoms with Gasteiger partial charge in [0, 0.05) is 30.1 Å². The number of H-pyrrole nitrogens is 1. The third kappa shape index (κ3) is 3.94. The highest BCUT2D eigenvalue weighted by molar-refractivity contribution is 7.71. The summed E-state index contributed by atoms with van der Waals surface area (Å²) in [6.07, 6.45) is 4.51. The van der Waals surface area contributed by atoms with Crippen LogP contribution in [0.3, 0.4) is 0 Å². The van der Waals surface area contributed by atoms with Gasteiger partial charge in [0.1, 0.15) is 5.82 Å². The van der Waals surface area contributed by atoms with E-state index in [4.69, 9.17) is 23.8 Å². The van der Waals surface area contributed by atoms with Crippen molar-refractivity contribution in [1.29, 1.82) is 0 Å². The molecule has 126 valence electrons. The molecule has 0 aliphatic heterocycles. The highest BCUT2D eigenvalue weighted by atomic mass is 35.5. The van der Waals surface area contributed by atoms with Crippen LogP contribution in [0.15, 0.2) is 30.3 Å². The lowest BCUT2D eigenvalue weighted by molar-refractivity contribution is -0.116. The number of hydrogen-bond acceptors (Lipinski definition) is 3. The lowest BCUT2D eigenvalue weighted by Gasteiger charge is -2.07. The summed E-state index contributed by atoms with van der Waals surface area (Å²) >= 11 is 11.4. The van der Waals surface area contributed by atoms with Crippen molar-refractivity contribution in [1.82, 2.24) is 20.1 Å². The van der Waals surface area contributed by atoms with Gasteiger partial charge >= 0.3 is 0 Å². The number of carbonyl (C=O) groups excluding carboxylic acids is 1. The van der Waals surface area contributed by atoms with E-state index >= 15 is 0 Å². The van der Waals surface area contributed by atoms with E-state index in [0.717, 1.165) is 29.8 Å². The van der Waals surface area contributed by atoms with E-state index in [1.807, 2.05) is 31.2 Å². The van der Waals surface area contributed by atoms with Crippen molar-refractivity contribution in [2.24, 2.45) is 0 Å². The number of amides is 1. The predicted octanol–water partition coefficient (Wildman–Crippen LogP) is 3.69. The van der Waals surface area contributed by atoms with E-state index < -0.39 is 0 Å². The molecular formula is C17H19ClN4OS. The van der Waals surface area contributed by atoms with Crippen molar-refractivity contribution < 1.29 is 4.79 Å². The summed E-state index contributed by atoms with van der Waals surface area (Å²) in [6.45, 7) is 2.39. The molecule has 0 atom stereocenters. The zero-order chi connectivity index (χ0) is 17.1. The smallest absolute Gasteiger partial charge is 0.244 e. The van der Waals surface area contributed by atoms with Crippen molar-refractivity contribution in [2.45, 2.75) is 32.2 Å². The van der Waals surface area contributed by atoms with Gasteiger partial charge in [-0.3, -0.25) is 9.89 Å². The number of benzene rings is 1. The summed E-state index contributed by atoms with van der Waals surface area (Å²) < 4.78 is 2.72. The maximum atomic E-state index is 12.1. The molecule has 0 unspecified atom stereocenters. The Balaban J connectivity index is 1.57. The molecule has 2 aromatic rings. The maximum absolute atomic E-state index is 12.1. The molecule has 2 N–H and O–H groups in total. The van der Waals surface area contributed by atoms with Gasteiger partial charge < -0.3 is 9.88 Å². The Morgan fingerprint density at radius 2 is 2.25 bits per heavy atom. The topological polar surface area (TPSA) is 62.7 Å². The first-order valence-corrected chi connectivity index (χ1v) is 8.71. The first-order chi connectivity index (χ1) is 11.6. The molecule has 1 aromatic carbocycles. The van der Waals surface area contributed by atoms with Crippen LogP contribution >= 0.6 is 23.8 Å². The van der Waals surface area contributed by atoms with Gasteiger partial charge in [0.25, 0.3) is 0 Å². The summed E-state index contributed by atoms with van der Waals surface area (Å²) in [4.78, 5) is 12.1. The lowest BCUT2D eigenvalue weighted by atomic mass is 10.1. The van der Waals surface area contributed by atoms with Crippen molar-refractivity contribution in [3.8, 4) is 0 Å². The largest absolute Gasteiger partial charge is 0.352 e. The average molecular weight is 363 g/mol. The Morgan fingerprint density at radius 3 is 2.96 bits per heavy atom. The predicted molar refractivity (Wildman–Crippen MR) is 97.5 cm³/mol. The first kappa shape index (κ1) is 16.9. The molecule has 1 heterocycles. The van der Waals surface area contributed by atoms with E-state index in [0.29, 0.717) is 28.8 Å². The number of carbonyl (C=O) groups is 1. The highest BCUT2D eigenvalue weighted by Gasteiger charge is 2.26. The second kappa shape index (κ2) is 7.32. The Kier molecular flexibility index (Phi) is 5.16. The van der Waals surface area contributed by atoms with Crippen LogP contribution in [0.25, 0.3) is 5.57 Å². The zero-order valence-corrected chi connectivity index (χ0v) is 15.0. The number of aromatic nitrogens is 3. The van der Waals surface area contributed by atoms with E-state index in [1.54, 1.807) is 6.08 Å². The SMILES string of the molecule is C/C(=C/C(=O)NCCc1n[nH]c(=S)n1C1CC1)c1ccccc1Cl. The minimum atomic E-state index is -0.139. The van der Waals surface area contributed by atoms with Crippen molar-refractivity contribution in [3.63, 3.8) is 0 Å². The number of allylic oxidation sites excluding steroid dienone is 1. The molecule has 0 saturated heterocycles. The van der Waals surface area contributed by atoms with Crippen LogP contribution in [0, 0.1) is 4.77 Å². The molecule has 0 spiro atoms. The number of nitrogens with zero attached hydrogens (tertiary/aromatic N) is 2. The minimum Gasteiger partial charge on any atom is -0.352 e. The maximum Gasteiger partial charge on any atom is 0.244 e. The van der Waals surface area contributed by atoms with Gasteiger partial charge in [0.05, 0.1) is 0 Å². The van der Waals surface area contributed by atoms with E-state index in [1.165, 1.54) is 0 Å². The van der Waals surface area contributed by atoms with Crippen molar-refractivity contribution in [3.05, 3.63) is 51.5 Å². The fourth-order valence-corrected chi connectivity index (χ4v) is 3.21. The van der Waals surface area contributed by atoms with E-state index in [2.05, 4.69) is 20.1 Å². The Hall–Kier alpha value is -1.92. The Labute approximate surface area is 150 Å². The van der Waals surface area contributed by atoms with Crippen LogP contribution in [0.2, 0.25) is 5.02 Å². The highest BCUT2D eigenvalue weighted by Crippen LogP contribution is 2.35. The second-order valence-corrected chi connectivity index (χ2v) is 6.69. The fraction of sp³-hybridized carbons (Fsp3) is 0.353. The van der Waals surface area contributed by atoms with Crippen LogP contribution in [0.1, 0.15) is 37.2 Å². The number of halogens is 1. The molecule has 1 aromatic heterocycles. The van der Waals surface area contributed by atoms with E-state index in [9.17, 15) is 4.79 Å². The van der Waals surface area contributed by atoms with Crippen LogP contribution in [0.5, 0.6) is 0 Å². The van der Waals surface area contributed by atoms with Gasteiger partial charge in [-0.25, -0.2) is 0 Å². The summed E-state index contributed by atoms with van der Waals surface area (Å²) in [5.41, 5.74) is 1.70. The monoisotopic (exact) mass is 362 g/mol. The van der Waals surface area contributed by atoms with Gasteiger partial charge in [-0.15, -0.1) is 0 Å². The van der Waals surface area contributed by atoms with Gasteiger partial charge in [-0.1, -0.05) is 29.8 Å². The molecule has 1 amide bonds. The molecule has 7 heteroatoms. The Bertz CT molecular complexity index is 835. The molecular weight excluding hydrogens is 344 g/mol. The van der Waals surface area contributed by atoms with E-state index in [-0.39, 0.29) is 5.91 Å². The van der Waals surface area contributed by atoms with Crippen LogP contribution < -0.4 is 5.32 Å². The molecule has 1 saturated carbocycles. The molecule has 5 nitrogen and oxygen atoms in total. The molecule has 0 radical (unpaired) electrons. The number of nitrogens with one attached hydrogen (secondary N) is 2. The van der Waals surface area contributed by atoms with Gasteiger partial charge in [-0.05, 0) is 49.2 Å². The van der Waals surface area contributed by atoms with Crippen LogP contribution in [-0.2, 0) is 11.2 Å². The summed E-state index contributed by atoms with van der Waals surface area (Å²) in [5, 5.41) is 10.6. The minimum absolute atomic E-state index is 0.139. The molecule has 1 fully saturated rings. The second-order valence-electron chi connectivity index (χ2n) is 5.89. The number of rotatable bonds is 6. The summed E-state index contributed by atoms with van der Waals surface area (Å²) in [6, 6.07) is 7.95. The normalized spacial score (nSPS) is 14.7. The van der Waals surface area contributed by atoms with Gasteiger partial charge in [0.15, 0.2) is 4.77 Å². The molecule has 1 aliphatic rings. The van der Waals surface area contributed by atoms with Crippen molar-refractivity contribution >= 4 is 35.3 Å². The molecule has 3 rings (SSSR count). The van der Waals surface area contributed by atoms with Crippen LogP contribution in [0.4, 0.5) is 0 Å². The quantitative estimate of drug-likeness (QED) is 0.608. The third-order valence-corrected chi connectivity index (χ3v) is 4.60. The first-order valence-electron chi connectivity index (χ1n) is 7.93. The standard InChI is InChI=1S/C17H19ClN4OS/c1-11(13-4-2-3-5-14(13)18)10-16(23)19-9-8-15-20-21-17(24)22(15)12-6-7-12/h2-5,10,12H,6-9H2,1H3,(H,19,23)(H,21,24)/b11-10-. The molecule has 1 aliphatic carbocycles. The average Bonchev–Trinajstić information content (AvgIpc) is 3.31.